The highest BCUT2D eigenvalue weighted by Gasteiger charge is 2.35. The Hall–Kier alpha value is -0.700. The van der Waals surface area contributed by atoms with Crippen LogP contribution in [0.15, 0.2) is 0 Å². The van der Waals surface area contributed by atoms with Crippen molar-refractivity contribution >= 4 is 15.9 Å². The average Bonchev–Trinajstić information content (AvgIpc) is 2.86. The van der Waals surface area contributed by atoms with Gasteiger partial charge < -0.3 is 15.4 Å². The van der Waals surface area contributed by atoms with E-state index in [1.807, 2.05) is 0 Å². The van der Waals surface area contributed by atoms with Gasteiger partial charge in [0.25, 0.3) is 5.91 Å². The van der Waals surface area contributed by atoms with Crippen LogP contribution < -0.4 is 5.73 Å². The fourth-order valence-corrected chi connectivity index (χ4v) is 3.33. The van der Waals surface area contributed by atoms with Crippen molar-refractivity contribution in [2.75, 3.05) is 39.0 Å². The maximum atomic E-state index is 12.2. The maximum Gasteiger partial charge on any atom is 0.251 e. The minimum absolute atomic E-state index is 0.0220. The molecule has 2 fully saturated rings. The van der Waals surface area contributed by atoms with Gasteiger partial charge in [0, 0.05) is 32.7 Å². The number of carbonyl (C=O) groups is 1. The summed E-state index contributed by atoms with van der Waals surface area (Å²) in [6.07, 6.45) is 2.28. The normalized spacial score (nSPS) is 29.7. The van der Waals surface area contributed by atoms with E-state index in [-0.39, 0.29) is 12.0 Å². The van der Waals surface area contributed by atoms with E-state index in [0.717, 1.165) is 6.42 Å². The Balaban J connectivity index is 1.86. The molecule has 0 unspecified atom stereocenters. The lowest BCUT2D eigenvalue weighted by Crippen LogP contribution is -2.52. The molecule has 0 spiro atoms. The van der Waals surface area contributed by atoms with Crippen LogP contribution in [0.5, 0.6) is 0 Å². The minimum Gasteiger partial charge on any atom is -0.364 e. The number of carbonyl (C=O) groups excluding carboxylic acids is 1. The summed E-state index contributed by atoms with van der Waals surface area (Å²) in [6, 6.07) is 0. The molecule has 0 aromatic rings. The monoisotopic (exact) mass is 291 g/mol. The van der Waals surface area contributed by atoms with Crippen molar-refractivity contribution in [3.63, 3.8) is 0 Å². The Morgan fingerprint density at radius 3 is 2.37 bits per heavy atom. The van der Waals surface area contributed by atoms with E-state index in [9.17, 15) is 13.2 Å². The molecule has 2 rings (SSSR count). The maximum absolute atomic E-state index is 12.2. The van der Waals surface area contributed by atoms with Crippen molar-refractivity contribution in [2.24, 2.45) is 5.73 Å². The molecule has 0 bridgehead atoms. The van der Waals surface area contributed by atoms with Gasteiger partial charge in [0.2, 0.25) is 10.0 Å². The summed E-state index contributed by atoms with van der Waals surface area (Å²) in [5, 5.41) is 0. The van der Waals surface area contributed by atoms with E-state index >= 15 is 0 Å². The van der Waals surface area contributed by atoms with Crippen LogP contribution in [0.4, 0.5) is 0 Å². The topological polar surface area (TPSA) is 92.9 Å². The lowest BCUT2D eigenvalue weighted by atomic mass is 10.1. The number of sulfonamides is 1. The quantitative estimate of drug-likeness (QED) is 0.690. The molecule has 0 aromatic heterocycles. The number of hydrogen-bond acceptors (Lipinski definition) is 5. The summed E-state index contributed by atoms with van der Waals surface area (Å²) in [4.78, 5) is 13.9. The number of piperazine rings is 1. The lowest BCUT2D eigenvalue weighted by molar-refractivity contribution is -0.143. The first-order valence-electron chi connectivity index (χ1n) is 6.51. The molecule has 0 radical (unpaired) electrons. The van der Waals surface area contributed by atoms with Crippen LogP contribution in [0.25, 0.3) is 0 Å². The van der Waals surface area contributed by atoms with E-state index in [2.05, 4.69) is 0 Å². The summed E-state index contributed by atoms with van der Waals surface area (Å²) < 4.78 is 29.7. The molecule has 2 aliphatic rings. The van der Waals surface area contributed by atoms with Gasteiger partial charge in [-0.2, -0.15) is 4.31 Å². The van der Waals surface area contributed by atoms with Gasteiger partial charge >= 0.3 is 0 Å². The van der Waals surface area contributed by atoms with Crippen LogP contribution in [-0.2, 0) is 19.6 Å². The third-order valence-electron chi connectivity index (χ3n) is 3.67. The number of rotatable bonds is 3. The van der Waals surface area contributed by atoms with Crippen molar-refractivity contribution < 1.29 is 17.9 Å². The Morgan fingerprint density at radius 1 is 1.26 bits per heavy atom. The van der Waals surface area contributed by atoms with Gasteiger partial charge in [-0.1, -0.05) is 0 Å². The van der Waals surface area contributed by atoms with Crippen LogP contribution >= 0.6 is 0 Å². The summed E-state index contributed by atoms with van der Waals surface area (Å²) in [5.74, 6) is -0.0379. The summed E-state index contributed by atoms with van der Waals surface area (Å²) in [6.45, 7) is 2.01. The number of amides is 1. The van der Waals surface area contributed by atoms with Crippen molar-refractivity contribution in [1.82, 2.24) is 9.21 Å². The van der Waals surface area contributed by atoms with E-state index in [0.29, 0.717) is 39.1 Å². The molecule has 2 saturated heterocycles. The second-order valence-electron chi connectivity index (χ2n) is 5.05. The number of ether oxygens (including phenoxy) is 1. The Bertz CT molecular complexity index is 431. The number of nitrogens with zero attached hydrogens (tertiary/aromatic N) is 2. The van der Waals surface area contributed by atoms with Crippen LogP contribution in [-0.4, -0.2) is 74.7 Å². The lowest BCUT2D eigenvalue weighted by Gasteiger charge is -2.34. The van der Waals surface area contributed by atoms with Gasteiger partial charge in [0.05, 0.1) is 12.4 Å². The first-order valence-corrected chi connectivity index (χ1v) is 8.36. The van der Waals surface area contributed by atoms with Gasteiger partial charge in [0.15, 0.2) is 0 Å². The van der Waals surface area contributed by atoms with Crippen molar-refractivity contribution in [2.45, 2.75) is 25.0 Å². The molecule has 110 valence electrons. The molecule has 0 aliphatic carbocycles. The first-order chi connectivity index (χ1) is 8.91. The van der Waals surface area contributed by atoms with Crippen LogP contribution in [0, 0.1) is 0 Å². The fraction of sp³-hybridized carbons (Fsp3) is 0.909. The molecule has 2 aliphatic heterocycles. The average molecular weight is 291 g/mol. The molecule has 2 N–H and O–H groups in total. The molecule has 8 heteroatoms. The van der Waals surface area contributed by atoms with Crippen LogP contribution in [0.1, 0.15) is 12.8 Å². The molecule has 0 saturated carbocycles. The summed E-state index contributed by atoms with van der Waals surface area (Å²) in [7, 11) is -3.16. The Labute approximate surface area is 113 Å². The number of hydrogen-bond donors (Lipinski definition) is 1. The second-order valence-corrected chi connectivity index (χ2v) is 7.03. The predicted octanol–water partition coefficient (Wildman–Crippen LogP) is -1.40. The van der Waals surface area contributed by atoms with Crippen LogP contribution in [0.3, 0.4) is 0 Å². The second kappa shape index (κ2) is 5.74. The molecule has 2 atom stereocenters. The largest absolute Gasteiger partial charge is 0.364 e. The highest BCUT2D eigenvalue weighted by Crippen LogP contribution is 2.21. The molecular weight excluding hydrogens is 270 g/mol. The molecule has 1 amide bonds. The van der Waals surface area contributed by atoms with Crippen molar-refractivity contribution in [3.05, 3.63) is 0 Å². The molecular formula is C11H21N3O4S. The SMILES string of the molecule is CS(=O)(=O)N1CCN(C(=O)[C@@H]2CC[C@H](CN)O2)CC1. The molecule has 0 aromatic carbocycles. The summed E-state index contributed by atoms with van der Waals surface area (Å²) in [5.41, 5.74) is 5.52. The zero-order valence-electron chi connectivity index (χ0n) is 11.1. The molecule has 19 heavy (non-hydrogen) atoms. The van der Waals surface area contributed by atoms with Gasteiger partial charge in [-0.3, -0.25) is 4.79 Å². The van der Waals surface area contributed by atoms with Crippen LogP contribution in [0.2, 0.25) is 0 Å². The highest BCUT2D eigenvalue weighted by molar-refractivity contribution is 7.88. The summed E-state index contributed by atoms with van der Waals surface area (Å²) >= 11 is 0. The van der Waals surface area contributed by atoms with E-state index in [1.165, 1.54) is 10.6 Å². The van der Waals surface area contributed by atoms with Gasteiger partial charge in [-0.25, -0.2) is 8.42 Å². The number of nitrogens with two attached hydrogens (primary N) is 1. The van der Waals surface area contributed by atoms with E-state index < -0.39 is 16.1 Å². The van der Waals surface area contributed by atoms with Gasteiger partial charge in [-0.15, -0.1) is 0 Å². The van der Waals surface area contributed by atoms with E-state index in [4.69, 9.17) is 10.5 Å². The van der Waals surface area contributed by atoms with Crippen molar-refractivity contribution in [1.29, 1.82) is 0 Å². The third-order valence-corrected chi connectivity index (χ3v) is 4.97. The highest BCUT2D eigenvalue weighted by atomic mass is 32.2. The third kappa shape index (κ3) is 3.44. The van der Waals surface area contributed by atoms with Gasteiger partial charge in [0.1, 0.15) is 6.10 Å². The zero-order chi connectivity index (χ0) is 14.0. The molecule has 7 nitrogen and oxygen atoms in total. The smallest absolute Gasteiger partial charge is 0.251 e. The zero-order valence-corrected chi connectivity index (χ0v) is 11.9. The first kappa shape index (κ1) is 14.7. The predicted molar refractivity (Wildman–Crippen MR) is 69.9 cm³/mol. The minimum atomic E-state index is -3.16. The fourth-order valence-electron chi connectivity index (χ4n) is 2.50. The molecule has 2 heterocycles. The van der Waals surface area contributed by atoms with Crippen molar-refractivity contribution in [3.8, 4) is 0 Å². The van der Waals surface area contributed by atoms with E-state index in [1.54, 1.807) is 4.90 Å². The van der Waals surface area contributed by atoms with Gasteiger partial charge in [-0.05, 0) is 12.8 Å². The Kier molecular flexibility index (Phi) is 4.44. The Morgan fingerprint density at radius 2 is 1.89 bits per heavy atom. The standard InChI is InChI=1S/C11H21N3O4S/c1-19(16,17)14-6-4-13(5-7-14)11(15)10-3-2-9(8-12)18-10/h9-10H,2-8,12H2,1H3/t9-,10+/m1/s1.